The first-order valence-corrected chi connectivity index (χ1v) is 9.32. The zero-order valence-corrected chi connectivity index (χ0v) is 15.0. The van der Waals surface area contributed by atoms with Crippen molar-refractivity contribution in [2.24, 2.45) is 0 Å². The summed E-state index contributed by atoms with van der Waals surface area (Å²) in [5.41, 5.74) is 1.65. The van der Waals surface area contributed by atoms with Crippen LogP contribution in [0.25, 0.3) is 11.1 Å². The summed E-state index contributed by atoms with van der Waals surface area (Å²) in [6.45, 7) is 3.61. The second-order valence-corrected chi connectivity index (χ2v) is 7.29. The van der Waals surface area contributed by atoms with Gasteiger partial charge in [0, 0.05) is 30.9 Å². The molecule has 0 aliphatic heterocycles. The summed E-state index contributed by atoms with van der Waals surface area (Å²) in [5.74, 6) is -0.745. The van der Waals surface area contributed by atoms with Crippen molar-refractivity contribution in [2.45, 2.75) is 25.3 Å². The van der Waals surface area contributed by atoms with Crippen molar-refractivity contribution in [1.29, 1.82) is 0 Å². The van der Waals surface area contributed by atoms with Gasteiger partial charge in [-0.2, -0.15) is 0 Å². The molecule has 0 radical (unpaired) electrons. The number of sulfonamides is 1. The number of oxazole rings is 1. The molecule has 0 unspecified atom stereocenters. The minimum atomic E-state index is -3.86. The molecular formula is C17H17N3O5S. The number of carbonyl (C=O) groups is 1. The molecule has 0 fully saturated rings. The highest BCUT2D eigenvalue weighted by molar-refractivity contribution is 7.92. The van der Waals surface area contributed by atoms with Gasteiger partial charge in [0.25, 0.3) is 10.0 Å². The highest BCUT2D eigenvalue weighted by Gasteiger charge is 2.17. The fourth-order valence-corrected chi connectivity index (χ4v) is 3.63. The summed E-state index contributed by atoms with van der Waals surface area (Å²) in [4.78, 5) is 22.7. The summed E-state index contributed by atoms with van der Waals surface area (Å²) in [6, 6.07) is 10.5. The third-order valence-electron chi connectivity index (χ3n) is 3.72. The molecular weight excluding hydrogens is 358 g/mol. The number of rotatable bonds is 5. The molecule has 2 N–H and O–H groups in total. The van der Waals surface area contributed by atoms with E-state index in [1.807, 2.05) is 0 Å². The fourth-order valence-electron chi connectivity index (χ4n) is 2.55. The number of carbonyl (C=O) groups excluding carboxylic acids is 1. The van der Waals surface area contributed by atoms with Crippen molar-refractivity contribution in [3.8, 4) is 0 Å². The average Bonchev–Trinajstić information content (AvgIpc) is 2.90. The van der Waals surface area contributed by atoms with Crippen molar-refractivity contribution in [3.63, 3.8) is 0 Å². The van der Waals surface area contributed by atoms with E-state index in [4.69, 9.17) is 4.42 Å². The van der Waals surface area contributed by atoms with Gasteiger partial charge < -0.3 is 9.73 Å². The molecule has 3 rings (SSSR count). The van der Waals surface area contributed by atoms with Gasteiger partial charge in [-0.05, 0) is 43.3 Å². The lowest BCUT2D eigenvalue weighted by Crippen LogP contribution is -2.13. The van der Waals surface area contributed by atoms with E-state index < -0.39 is 15.8 Å². The minimum Gasteiger partial charge on any atom is -0.408 e. The van der Waals surface area contributed by atoms with Gasteiger partial charge in [0.1, 0.15) is 0 Å². The van der Waals surface area contributed by atoms with E-state index in [9.17, 15) is 18.0 Å². The summed E-state index contributed by atoms with van der Waals surface area (Å²) in [7, 11) is -3.86. The highest BCUT2D eigenvalue weighted by Crippen LogP contribution is 2.22. The van der Waals surface area contributed by atoms with Crippen LogP contribution in [0, 0.1) is 0 Å². The van der Waals surface area contributed by atoms with Gasteiger partial charge in [-0.3, -0.25) is 14.1 Å². The SMILES string of the molecule is CCn1c(=O)oc2cc(S(=O)(=O)Nc3ccc(NC(C)=O)cc3)ccc21. The molecule has 3 aromatic rings. The predicted octanol–water partition coefficient (Wildman–Crippen LogP) is 2.37. The molecule has 1 aromatic heterocycles. The van der Waals surface area contributed by atoms with Crippen LogP contribution < -0.4 is 15.8 Å². The second kappa shape index (κ2) is 6.68. The number of benzene rings is 2. The van der Waals surface area contributed by atoms with Gasteiger partial charge in [-0.15, -0.1) is 0 Å². The Balaban J connectivity index is 1.89. The van der Waals surface area contributed by atoms with Crippen molar-refractivity contribution >= 4 is 38.4 Å². The highest BCUT2D eigenvalue weighted by atomic mass is 32.2. The van der Waals surface area contributed by atoms with E-state index in [2.05, 4.69) is 10.0 Å². The quantitative estimate of drug-likeness (QED) is 0.711. The number of nitrogens with one attached hydrogen (secondary N) is 2. The molecule has 0 spiro atoms. The van der Waals surface area contributed by atoms with E-state index >= 15 is 0 Å². The number of fused-ring (bicyclic) bond motifs is 1. The molecule has 0 aliphatic rings. The fraction of sp³-hybridized carbons (Fsp3) is 0.176. The van der Waals surface area contributed by atoms with Crippen molar-refractivity contribution in [3.05, 3.63) is 53.0 Å². The molecule has 0 saturated heterocycles. The Bertz CT molecular complexity index is 1130. The smallest absolute Gasteiger partial charge is 0.408 e. The number of hydrogen-bond acceptors (Lipinski definition) is 5. The maximum Gasteiger partial charge on any atom is 0.419 e. The molecule has 136 valence electrons. The minimum absolute atomic E-state index is 0.0204. The third-order valence-corrected chi connectivity index (χ3v) is 5.10. The van der Waals surface area contributed by atoms with Crippen molar-refractivity contribution in [1.82, 2.24) is 4.57 Å². The van der Waals surface area contributed by atoms with Gasteiger partial charge in [0.2, 0.25) is 5.91 Å². The van der Waals surface area contributed by atoms with Crippen LogP contribution >= 0.6 is 0 Å². The normalized spacial score (nSPS) is 11.5. The standard InChI is InChI=1S/C17H17N3O5S/c1-3-20-15-9-8-14(10-16(15)25-17(20)22)26(23,24)19-13-6-4-12(5-7-13)18-11(2)21/h4-10,19H,3H2,1-2H3,(H,18,21). The first-order chi connectivity index (χ1) is 12.3. The summed E-state index contributed by atoms with van der Waals surface area (Å²) >= 11 is 0. The van der Waals surface area contributed by atoms with Crippen LogP contribution in [-0.4, -0.2) is 18.9 Å². The van der Waals surface area contributed by atoms with Crippen LogP contribution in [0.2, 0.25) is 0 Å². The number of anilines is 2. The maximum absolute atomic E-state index is 12.6. The topological polar surface area (TPSA) is 110 Å². The zero-order valence-electron chi connectivity index (χ0n) is 14.1. The van der Waals surface area contributed by atoms with E-state index in [0.29, 0.717) is 23.4 Å². The lowest BCUT2D eigenvalue weighted by Gasteiger charge is -2.09. The monoisotopic (exact) mass is 375 g/mol. The molecule has 0 atom stereocenters. The van der Waals surface area contributed by atoms with Gasteiger partial charge in [-0.25, -0.2) is 13.2 Å². The number of nitrogens with zero attached hydrogens (tertiary/aromatic N) is 1. The van der Waals surface area contributed by atoms with Crippen LogP contribution in [0.15, 0.2) is 56.6 Å². The second-order valence-electron chi connectivity index (χ2n) is 5.61. The summed E-state index contributed by atoms with van der Waals surface area (Å²) in [5, 5.41) is 2.60. The first-order valence-electron chi connectivity index (χ1n) is 7.84. The van der Waals surface area contributed by atoms with E-state index in [0.717, 1.165) is 0 Å². The number of hydrogen-bond donors (Lipinski definition) is 2. The Morgan fingerprint density at radius 3 is 2.38 bits per heavy atom. The summed E-state index contributed by atoms with van der Waals surface area (Å²) < 4.78 is 34.1. The lowest BCUT2D eigenvalue weighted by atomic mass is 10.3. The van der Waals surface area contributed by atoms with Crippen molar-refractivity contribution in [2.75, 3.05) is 10.0 Å². The Morgan fingerprint density at radius 2 is 1.77 bits per heavy atom. The van der Waals surface area contributed by atoms with Gasteiger partial charge in [0.15, 0.2) is 5.58 Å². The first kappa shape index (κ1) is 17.7. The number of amides is 1. The Labute approximate surface area is 149 Å². The molecule has 2 aromatic carbocycles. The van der Waals surface area contributed by atoms with Crippen LogP contribution in [0.3, 0.4) is 0 Å². The van der Waals surface area contributed by atoms with E-state index in [1.165, 1.54) is 41.8 Å². The maximum atomic E-state index is 12.6. The molecule has 0 bridgehead atoms. The lowest BCUT2D eigenvalue weighted by molar-refractivity contribution is -0.114. The largest absolute Gasteiger partial charge is 0.419 e. The van der Waals surface area contributed by atoms with Gasteiger partial charge in [0.05, 0.1) is 10.4 Å². The van der Waals surface area contributed by atoms with Gasteiger partial charge in [-0.1, -0.05) is 0 Å². The Morgan fingerprint density at radius 1 is 1.12 bits per heavy atom. The molecule has 0 saturated carbocycles. The van der Waals surface area contributed by atoms with Crippen LogP contribution in [0.1, 0.15) is 13.8 Å². The van der Waals surface area contributed by atoms with Crippen molar-refractivity contribution < 1.29 is 17.6 Å². The molecule has 1 amide bonds. The van der Waals surface area contributed by atoms with Crippen LogP contribution in [-0.2, 0) is 21.4 Å². The number of aromatic nitrogens is 1. The summed E-state index contributed by atoms with van der Waals surface area (Å²) in [6.07, 6.45) is 0. The molecule has 9 heteroatoms. The van der Waals surface area contributed by atoms with Gasteiger partial charge >= 0.3 is 5.76 Å². The average molecular weight is 375 g/mol. The molecule has 8 nitrogen and oxygen atoms in total. The Kier molecular flexibility index (Phi) is 4.56. The number of aryl methyl sites for hydroxylation is 1. The molecule has 0 aliphatic carbocycles. The van der Waals surface area contributed by atoms with E-state index in [-0.39, 0.29) is 16.4 Å². The molecule has 1 heterocycles. The zero-order chi connectivity index (χ0) is 18.9. The van der Waals surface area contributed by atoms with E-state index in [1.54, 1.807) is 19.1 Å². The molecule has 26 heavy (non-hydrogen) atoms. The predicted molar refractivity (Wildman–Crippen MR) is 97.7 cm³/mol. The third kappa shape index (κ3) is 3.47. The Hall–Kier alpha value is -3.07. The van der Waals surface area contributed by atoms with Crippen LogP contribution in [0.4, 0.5) is 11.4 Å². The van der Waals surface area contributed by atoms with Crippen LogP contribution in [0.5, 0.6) is 0 Å².